The van der Waals surface area contributed by atoms with E-state index < -0.39 is 6.47 Å². The molecule has 0 aliphatic rings. The van der Waals surface area contributed by atoms with Gasteiger partial charge >= 0.3 is 0 Å². The van der Waals surface area contributed by atoms with Crippen molar-refractivity contribution in [3.8, 4) is 0 Å². The quantitative estimate of drug-likeness (QED) is 0.476. The van der Waals surface area contributed by atoms with Crippen LogP contribution in [0.25, 0.3) is 0 Å². The highest BCUT2D eigenvalue weighted by Gasteiger charge is 2.56. The minimum absolute atomic E-state index is 0.0670. The zero-order valence-electron chi connectivity index (χ0n) is 6.63. The van der Waals surface area contributed by atoms with Crippen LogP contribution in [0.1, 0.15) is 13.3 Å². The summed E-state index contributed by atoms with van der Waals surface area (Å²) < 4.78 is -1.60. The molecule has 0 atom stereocenters. The van der Waals surface area contributed by atoms with E-state index in [1.54, 1.807) is 0 Å². The molecule has 0 radical (unpaired) electrons. The largest absolute Gasteiger partial charge is 0.394 e. The molecule has 0 spiro atoms. The number of aliphatic hydroxyl groups is 1. The van der Waals surface area contributed by atoms with Gasteiger partial charge in [-0.05, 0) is 6.42 Å². The maximum absolute atomic E-state index is 9.19. The van der Waals surface area contributed by atoms with E-state index in [0.29, 0.717) is 0 Å². The van der Waals surface area contributed by atoms with Crippen LogP contribution in [-0.4, -0.2) is 21.4 Å². The third-order valence-electron chi connectivity index (χ3n) is 1.56. The number of alkyl halides is 6. The summed E-state index contributed by atoms with van der Waals surface area (Å²) in [7, 11) is 0. The van der Waals surface area contributed by atoms with Crippen LogP contribution in [0.3, 0.4) is 0 Å². The van der Waals surface area contributed by atoms with Gasteiger partial charge in [-0.1, -0.05) is 103 Å². The van der Waals surface area contributed by atoms with Gasteiger partial charge in [0.2, 0.25) is 0 Å². The molecule has 0 saturated carbocycles. The molecule has 0 unspecified atom stereocenters. The maximum Gasteiger partial charge on any atom is 0.133 e. The number of aliphatic hydroxyl groups excluding tert-OH is 1. The summed E-state index contributed by atoms with van der Waals surface area (Å²) in [4.78, 5) is 0. The Bertz CT molecular complexity index is 160. The number of hydrogen-bond donors (Lipinski definition) is 1. The lowest BCUT2D eigenvalue weighted by Crippen LogP contribution is -2.49. The van der Waals surface area contributed by atoms with Crippen LogP contribution >= 0.6 is 95.6 Å². The van der Waals surface area contributed by atoms with E-state index in [1.165, 1.54) is 0 Å². The van der Waals surface area contributed by atoms with E-state index in [9.17, 15) is 5.11 Å². The van der Waals surface area contributed by atoms with Crippen molar-refractivity contribution in [3.63, 3.8) is 0 Å². The van der Waals surface area contributed by atoms with E-state index in [2.05, 4.69) is 95.6 Å². The van der Waals surface area contributed by atoms with Crippen LogP contribution in [0.5, 0.6) is 0 Å². The number of hydrogen-bond acceptors (Lipinski definition) is 1. The zero-order valence-corrected chi connectivity index (χ0v) is 16.1. The van der Waals surface area contributed by atoms with Crippen LogP contribution in [0.2, 0.25) is 0 Å². The lowest BCUT2D eigenvalue weighted by molar-refractivity contribution is 0.282. The van der Waals surface area contributed by atoms with Crippen molar-refractivity contribution in [2.75, 3.05) is 6.61 Å². The first kappa shape index (κ1) is 15.8. The van der Waals surface area contributed by atoms with Gasteiger partial charge in [0.25, 0.3) is 0 Å². The van der Waals surface area contributed by atoms with Crippen molar-refractivity contribution in [3.05, 3.63) is 0 Å². The van der Waals surface area contributed by atoms with Gasteiger partial charge in [-0.25, -0.2) is 0 Å². The van der Waals surface area contributed by atoms with Crippen molar-refractivity contribution in [1.29, 1.82) is 0 Å². The maximum atomic E-state index is 9.19. The van der Waals surface area contributed by atoms with Crippen LogP contribution in [-0.2, 0) is 0 Å². The summed E-state index contributed by atoms with van der Waals surface area (Å²) in [6.45, 7) is 1.96. The van der Waals surface area contributed by atoms with Crippen LogP contribution in [0, 0.1) is 0 Å². The second kappa shape index (κ2) is 5.45. The summed E-state index contributed by atoms with van der Waals surface area (Å²) in [5.41, 5.74) is 0. The molecular formula is C6H8Br6O. The highest BCUT2D eigenvalue weighted by molar-refractivity contribution is 9.33. The van der Waals surface area contributed by atoms with Crippen molar-refractivity contribution in [2.45, 2.75) is 23.0 Å². The van der Waals surface area contributed by atoms with Gasteiger partial charge < -0.3 is 5.11 Å². The fraction of sp³-hybridized carbons (Fsp3) is 1.00. The minimum Gasteiger partial charge on any atom is -0.394 e. The van der Waals surface area contributed by atoms with Crippen molar-refractivity contribution >= 4 is 95.6 Å². The van der Waals surface area contributed by atoms with Gasteiger partial charge in [-0.2, -0.15) is 0 Å². The molecule has 1 nitrogen and oxygen atoms in total. The van der Waals surface area contributed by atoms with Crippen LogP contribution < -0.4 is 0 Å². The fourth-order valence-corrected chi connectivity index (χ4v) is 3.82. The second-order valence-electron chi connectivity index (χ2n) is 2.49. The molecule has 0 aliphatic heterocycles. The predicted molar refractivity (Wildman–Crippen MR) is 79.1 cm³/mol. The van der Waals surface area contributed by atoms with Gasteiger partial charge in [-0.15, -0.1) is 0 Å². The van der Waals surface area contributed by atoms with E-state index in [4.69, 9.17) is 0 Å². The number of halogens is 6. The van der Waals surface area contributed by atoms with Crippen LogP contribution in [0.15, 0.2) is 0 Å². The first-order valence-corrected chi connectivity index (χ1v) is 8.12. The molecule has 0 aliphatic carbocycles. The molecule has 13 heavy (non-hydrogen) atoms. The molecule has 0 amide bonds. The van der Waals surface area contributed by atoms with Gasteiger partial charge in [0.1, 0.15) is 9.70 Å². The van der Waals surface area contributed by atoms with Crippen LogP contribution in [0.4, 0.5) is 0 Å². The van der Waals surface area contributed by atoms with E-state index in [-0.39, 0.29) is 9.84 Å². The van der Waals surface area contributed by atoms with Crippen molar-refractivity contribution < 1.29 is 5.11 Å². The third kappa shape index (κ3) is 3.40. The average Bonchev–Trinajstić information content (AvgIpc) is 2.03. The molecule has 0 bridgehead atoms. The molecule has 80 valence electrons. The fourth-order valence-electron chi connectivity index (χ4n) is 0.589. The first-order chi connectivity index (χ1) is 5.62. The normalized spacial score (nSPS) is 14.8. The topological polar surface area (TPSA) is 20.2 Å². The Morgan fingerprint density at radius 1 is 0.923 bits per heavy atom. The lowest BCUT2D eigenvalue weighted by Gasteiger charge is -2.42. The Morgan fingerprint density at radius 3 is 1.54 bits per heavy atom. The molecule has 0 fully saturated rings. The Labute approximate surface area is 129 Å². The molecule has 0 heterocycles. The standard InChI is InChI=1S/C6H8Br6O/c1-2-4(7,8)6(11,12)5(9,10)3-13/h13H,2-3H2,1H3. The third-order valence-corrected chi connectivity index (χ3v) is 12.5. The molecule has 7 heteroatoms. The van der Waals surface area contributed by atoms with Gasteiger partial charge in [-0.3, -0.25) is 0 Å². The van der Waals surface area contributed by atoms with E-state index in [1.807, 2.05) is 6.92 Å². The molecule has 0 aromatic rings. The van der Waals surface area contributed by atoms with E-state index in [0.717, 1.165) is 6.42 Å². The second-order valence-corrected chi connectivity index (χ2v) is 13.5. The monoisotopic (exact) mass is 570 g/mol. The Balaban J connectivity index is 4.95. The van der Waals surface area contributed by atoms with E-state index >= 15 is 0 Å². The minimum atomic E-state index is -0.657. The van der Waals surface area contributed by atoms with Gasteiger partial charge in [0.15, 0.2) is 0 Å². The predicted octanol–water partition coefficient (Wildman–Crippen LogP) is 4.85. The van der Waals surface area contributed by atoms with Gasteiger partial charge in [0, 0.05) is 0 Å². The summed E-state index contributed by atoms with van der Waals surface area (Å²) in [6.07, 6.45) is 0.822. The zero-order chi connectivity index (χ0) is 10.9. The first-order valence-electron chi connectivity index (χ1n) is 3.36. The molecule has 0 saturated heterocycles. The highest BCUT2D eigenvalue weighted by Crippen LogP contribution is 2.60. The molecule has 1 N–H and O–H groups in total. The summed E-state index contributed by atoms with van der Waals surface area (Å²) >= 11 is 20.9. The summed E-state index contributed by atoms with van der Waals surface area (Å²) in [5, 5.41) is 9.19. The SMILES string of the molecule is CCC(Br)(Br)C(Br)(Br)C(Br)(Br)CO. The molecule has 0 rings (SSSR count). The highest BCUT2D eigenvalue weighted by atomic mass is 79.9. The Kier molecular flexibility index (Phi) is 6.64. The summed E-state index contributed by atoms with van der Waals surface area (Å²) in [6, 6.07) is 0. The smallest absolute Gasteiger partial charge is 0.133 e. The number of rotatable bonds is 4. The molecule has 0 aromatic heterocycles. The Hall–Kier alpha value is 2.84. The molecule has 0 aromatic carbocycles. The average molecular weight is 576 g/mol. The lowest BCUT2D eigenvalue weighted by atomic mass is 10.2. The Morgan fingerprint density at radius 2 is 1.31 bits per heavy atom. The van der Waals surface area contributed by atoms with Gasteiger partial charge in [0.05, 0.1) is 6.61 Å². The molecular weight excluding hydrogens is 567 g/mol. The van der Waals surface area contributed by atoms with Crippen molar-refractivity contribution in [2.24, 2.45) is 0 Å². The van der Waals surface area contributed by atoms with Crippen molar-refractivity contribution in [1.82, 2.24) is 0 Å². The summed E-state index contributed by atoms with van der Waals surface area (Å²) in [5.74, 6) is 0.